The molecule has 0 unspecified atom stereocenters. The molecule has 1 aromatic rings. The molecule has 1 heterocycles. The fourth-order valence-electron chi connectivity index (χ4n) is 0.837. The normalized spacial score (nSPS) is 10.4. The van der Waals surface area contributed by atoms with Crippen LogP contribution in [0.25, 0.3) is 6.08 Å². The first-order valence-electron chi connectivity index (χ1n) is 3.51. The number of aryl methyl sites for hydroxylation is 1. The summed E-state index contributed by atoms with van der Waals surface area (Å²) in [5.74, 6) is -0.948. The van der Waals surface area contributed by atoms with Gasteiger partial charge in [-0.15, -0.1) is 0 Å². The highest BCUT2D eigenvalue weighted by atomic mass is 16.4. The number of carbonyl (C=O) groups is 1. The molecule has 0 aliphatic carbocycles. The number of pyridine rings is 1. The summed E-state index contributed by atoms with van der Waals surface area (Å²) in [6.07, 6.45) is 5.95. The van der Waals surface area contributed by atoms with E-state index >= 15 is 0 Å². The molecule has 0 spiro atoms. The zero-order chi connectivity index (χ0) is 8.97. The highest BCUT2D eigenvalue weighted by Crippen LogP contribution is 2.02. The summed E-state index contributed by atoms with van der Waals surface area (Å²) in [4.78, 5) is 14.1. The van der Waals surface area contributed by atoms with Crippen molar-refractivity contribution < 1.29 is 9.90 Å². The Kier molecular flexibility index (Phi) is 2.58. The maximum absolute atomic E-state index is 10.2. The third kappa shape index (κ3) is 2.54. The first kappa shape index (κ1) is 8.46. The summed E-state index contributed by atoms with van der Waals surface area (Å²) < 4.78 is 0. The monoisotopic (exact) mass is 163 g/mol. The second-order valence-corrected chi connectivity index (χ2v) is 2.47. The summed E-state index contributed by atoms with van der Waals surface area (Å²) >= 11 is 0. The van der Waals surface area contributed by atoms with Crippen molar-refractivity contribution in [1.82, 2.24) is 4.98 Å². The molecule has 62 valence electrons. The van der Waals surface area contributed by atoms with Crippen molar-refractivity contribution in [3.63, 3.8) is 0 Å². The van der Waals surface area contributed by atoms with E-state index in [0.717, 1.165) is 17.2 Å². The van der Waals surface area contributed by atoms with Gasteiger partial charge in [0, 0.05) is 18.5 Å². The van der Waals surface area contributed by atoms with Crippen LogP contribution in [0.1, 0.15) is 11.1 Å². The molecule has 0 aromatic carbocycles. The predicted molar refractivity (Wildman–Crippen MR) is 45.6 cm³/mol. The van der Waals surface area contributed by atoms with Crippen molar-refractivity contribution in [2.75, 3.05) is 0 Å². The minimum Gasteiger partial charge on any atom is -0.478 e. The first-order valence-corrected chi connectivity index (χ1v) is 3.51. The molecule has 0 aliphatic rings. The SMILES string of the molecule is Cc1cncc(/C=C/C(=O)O)c1. The summed E-state index contributed by atoms with van der Waals surface area (Å²) in [7, 11) is 0. The van der Waals surface area contributed by atoms with E-state index in [1.54, 1.807) is 12.4 Å². The average molecular weight is 163 g/mol. The van der Waals surface area contributed by atoms with Crippen molar-refractivity contribution >= 4 is 12.0 Å². The molecule has 3 heteroatoms. The Bertz CT molecular complexity index is 318. The fraction of sp³-hybridized carbons (Fsp3) is 0.111. The molecule has 0 aliphatic heterocycles. The van der Waals surface area contributed by atoms with Gasteiger partial charge in [0.15, 0.2) is 0 Å². The van der Waals surface area contributed by atoms with Gasteiger partial charge < -0.3 is 5.11 Å². The minimum absolute atomic E-state index is 0.803. The van der Waals surface area contributed by atoms with E-state index < -0.39 is 5.97 Å². The molecule has 0 radical (unpaired) electrons. The average Bonchev–Trinajstić information content (AvgIpc) is 2.01. The lowest BCUT2D eigenvalue weighted by Crippen LogP contribution is -1.86. The Balaban J connectivity index is 2.83. The molecule has 0 fully saturated rings. The third-order valence-corrected chi connectivity index (χ3v) is 1.31. The predicted octanol–water partition coefficient (Wildman–Crippen LogP) is 1.49. The third-order valence-electron chi connectivity index (χ3n) is 1.31. The van der Waals surface area contributed by atoms with Crippen molar-refractivity contribution in [3.8, 4) is 0 Å². The smallest absolute Gasteiger partial charge is 0.328 e. The number of aromatic nitrogens is 1. The lowest BCUT2D eigenvalue weighted by molar-refractivity contribution is -0.131. The van der Waals surface area contributed by atoms with E-state index in [4.69, 9.17) is 5.11 Å². The topological polar surface area (TPSA) is 50.2 Å². The standard InChI is InChI=1S/C9H9NO2/c1-7-4-8(6-10-5-7)2-3-9(11)12/h2-6H,1H3,(H,11,12)/b3-2+. The van der Waals surface area contributed by atoms with E-state index in [0.29, 0.717) is 0 Å². The summed E-state index contributed by atoms with van der Waals surface area (Å²) in [6, 6.07) is 1.87. The Morgan fingerprint density at radius 3 is 2.92 bits per heavy atom. The van der Waals surface area contributed by atoms with Crippen LogP contribution in [-0.4, -0.2) is 16.1 Å². The van der Waals surface area contributed by atoms with E-state index in [-0.39, 0.29) is 0 Å². The van der Waals surface area contributed by atoms with Gasteiger partial charge in [-0.25, -0.2) is 4.79 Å². The van der Waals surface area contributed by atoms with Crippen molar-refractivity contribution in [3.05, 3.63) is 35.7 Å². The molecule has 1 aromatic heterocycles. The number of aliphatic carboxylic acids is 1. The lowest BCUT2D eigenvalue weighted by Gasteiger charge is -1.92. The van der Waals surface area contributed by atoms with Gasteiger partial charge in [-0.05, 0) is 30.2 Å². The summed E-state index contributed by atoms with van der Waals surface area (Å²) in [5, 5.41) is 8.34. The van der Waals surface area contributed by atoms with Gasteiger partial charge in [0.25, 0.3) is 0 Å². The molecule has 12 heavy (non-hydrogen) atoms. The number of carboxylic acids is 1. The quantitative estimate of drug-likeness (QED) is 0.672. The molecule has 1 rings (SSSR count). The van der Waals surface area contributed by atoms with Gasteiger partial charge in [-0.1, -0.05) is 0 Å². The maximum atomic E-state index is 10.2. The van der Waals surface area contributed by atoms with E-state index in [1.165, 1.54) is 6.08 Å². The molecule has 1 N–H and O–H groups in total. The molecule has 3 nitrogen and oxygen atoms in total. The minimum atomic E-state index is -0.948. The highest BCUT2D eigenvalue weighted by molar-refractivity contribution is 5.85. The van der Waals surface area contributed by atoms with Crippen LogP contribution in [0.3, 0.4) is 0 Å². The van der Waals surface area contributed by atoms with Gasteiger partial charge in [-0.3, -0.25) is 4.98 Å². The van der Waals surface area contributed by atoms with Gasteiger partial charge >= 0.3 is 5.97 Å². The largest absolute Gasteiger partial charge is 0.478 e. The van der Waals surface area contributed by atoms with Crippen LogP contribution in [-0.2, 0) is 4.79 Å². The second-order valence-electron chi connectivity index (χ2n) is 2.47. The molecule has 0 saturated heterocycles. The van der Waals surface area contributed by atoms with Crippen LogP contribution in [0, 0.1) is 6.92 Å². The maximum Gasteiger partial charge on any atom is 0.328 e. The van der Waals surface area contributed by atoms with Crippen LogP contribution < -0.4 is 0 Å². The Labute approximate surface area is 70.4 Å². The van der Waals surface area contributed by atoms with Crippen LogP contribution >= 0.6 is 0 Å². The molecule has 0 saturated carbocycles. The number of hydrogen-bond acceptors (Lipinski definition) is 2. The van der Waals surface area contributed by atoms with Crippen LogP contribution in [0.15, 0.2) is 24.5 Å². The number of nitrogens with zero attached hydrogens (tertiary/aromatic N) is 1. The van der Waals surface area contributed by atoms with Crippen molar-refractivity contribution in [1.29, 1.82) is 0 Å². The molecule has 0 amide bonds. The van der Waals surface area contributed by atoms with Crippen molar-refractivity contribution in [2.45, 2.75) is 6.92 Å². The zero-order valence-electron chi connectivity index (χ0n) is 6.69. The number of hydrogen-bond donors (Lipinski definition) is 1. The molecular weight excluding hydrogens is 154 g/mol. The van der Waals surface area contributed by atoms with E-state index in [1.807, 2.05) is 13.0 Å². The highest BCUT2D eigenvalue weighted by Gasteiger charge is 1.89. The van der Waals surface area contributed by atoms with E-state index in [2.05, 4.69) is 4.98 Å². The van der Waals surface area contributed by atoms with Crippen LogP contribution in [0.4, 0.5) is 0 Å². The van der Waals surface area contributed by atoms with E-state index in [9.17, 15) is 4.79 Å². The summed E-state index contributed by atoms with van der Waals surface area (Å²) in [6.45, 7) is 1.91. The molecular formula is C9H9NO2. The lowest BCUT2D eigenvalue weighted by atomic mass is 10.2. The molecule has 0 bridgehead atoms. The Morgan fingerprint density at radius 1 is 1.58 bits per heavy atom. The van der Waals surface area contributed by atoms with Gasteiger partial charge in [0.2, 0.25) is 0 Å². The van der Waals surface area contributed by atoms with Gasteiger partial charge in [0.05, 0.1) is 0 Å². The molecule has 0 atom stereocenters. The summed E-state index contributed by atoms with van der Waals surface area (Å²) in [5.41, 5.74) is 1.82. The number of carboxylic acid groups (broad SMARTS) is 1. The van der Waals surface area contributed by atoms with Crippen LogP contribution in [0.5, 0.6) is 0 Å². The Morgan fingerprint density at radius 2 is 2.33 bits per heavy atom. The Hall–Kier alpha value is -1.64. The second kappa shape index (κ2) is 3.67. The zero-order valence-corrected chi connectivity index (χ0v) is 6.69. The van der Waals surface area contributed by atoms with Crippen LogP contribution in [0.2, 0.25) is 0 Å². The first-order chi connectivity index (χ1) is 5.68. The number of rotatable bonds is 2. The fourth-order valence-corrected chi connectivity index (χ4v) is 0.837. The van der Waals surface area contributed by atoms with Gasteiger partial charge in [0.1, 0.15) is 0 Å². The van der Waals surface area contributed by atoms with Crippen molar-refractivity contribution in [2.24, 2.45) is 0 Å². The van der Waals surface area contributed by atoms with Gasteiger partial charge in [-0.2, -0.15) is 0 Å².